The van der Waals surface area contributed by atoms with Gasteiger partial charge in [-0.15, -0.1) is 0 Å². The molecular formula is C71H114O25. The second kappa shape index (κ2) is 40.0. The van der Waals surface area contributed by atoms with Crippen molar-refractivity contribution in [2.24, 2.45) is 5.92 Å². The maximum absolute atomic E-state index is 14.5. The fourth-order valence-electron chi connectivity index (χ4n) is 13.1. The molecule has 96 heavy (non-hydrogen) atoms. The van der Waals surface area contributed by atoms with Gasteiger partial charge in [-0.05, 0) is 78.4 Å². The Labute approximate surface area is 566 Å². The van der Waals surface area contributed by atoms with Crippen LogP contribution in [0.1, 0.15) is 216 Å². The lowest BCUT2D eigenvalue weighted by atomic mass is 9.95. The highest BCUT2D eigenvalue weighted by atomic mass is 16.8. The Balaban J connectivity index is 1.25. The van der Waals surface area contributed by atoms with E-state index in [1.165, 1.54) is 33.8 Å². The summed E-state index contributed by atoms with van der Waals surface area (Å²) in [5.41, 5.74) is 0.665. The molecule has 25 nitrogen and oxygen atoms in total. The number of benzene rings is 1. The number of aliphatic hydroxyl groups excluding tert-OH is 7. The summed E-state index contributed by atoms with van der Waals surface area (Å²) in [4.78, 5) is 55.7. The van der Waals surface area contributed by atoms with Crippen LogP contribution in [0.3, 0.4) is 0 Å². The lowest BCUT2D eigenvalue weighted by molar-refractivity contribution is -0.399. The van der Waals surface area contributed by atoms with Gasteiger partial charge in [-0.2, -0.15) is 0 Å². The predicted octanol–water partition coefficient (Wildman–Crippen LogP) is 7.21. The number of carbonyl (C=O) groups is 4. The maximum atomic E-state index is 14.5. The molecule has 548 valence electrons. The van der Waals surface area contributed by atoms with Gasteiger partial charge in [0, 0.05) is 18.9 Å². The highest BCUT2D eigenvalue weighted by Gasteiger charge is 2.59. The van der Waals surface area contributed by atoms with Gasteiger partial charge in [-0.1, -0.05) is 161 Å². The highest BCUT2D eigenvalue weighted by molar-refractivity contribution is 5.87. The number of unbranched alkanes of at least 4 members (excludes halogenated alkanes) is 8. The lowest BCUT2D eigenvalue weighted by Gasteiger charge is -2.51. The third kappa shape index (κ3) is 22.6. The van der Waals surface area contributed by atoms with Gasteiger partial charge in [0.25, 0.3) is 0 Å². The SMILES string of the molecule is CCCCCCCCCC(=O)O[C@H]1[C@H](O[C@@H]2[C@@H](O)[C@H]3OC(=O)CCCCCCCCCC[C@H](CCCCC)O[C@@H]4O[C@H](C)[C@H](O)[C@H](O)[C@H]4O[C@@H]3O[C@H]2C)O[C@@H](C)[C@H](O[C@@H]2O[C@@H](C)[C@H](OC(=O)[C@@H](C)CC)[C@@H](OC(=O)/C=C/c3ccccc3)[C@H]2O)[C@H]1O[C@@H]1O[C@@H](C)[C@H](O)[C@@H](O)[C@H]1O. The van der Waals surface area contributed by atoms with Crippen molar-refractivity contribution in [1.29, 1.82) is 0 Å². The average Bonchev–Trinajstić information content (AvgIpc) is 0.770. The summed E-state index contributed by atoms with van der Waals surface area (Å²) >= 11 is 0. The standard InChI is InChI=1S/C71H114O25/c1-10-13-15-16-19-23-31-37-49(73)91-65-64(96-67-55(79)53(77)51(75)41(5)83-67)60(94-68-57(81)61(59(44(8)85-68)92-66(82)40(4)12-3)89-50(74)39-38-46-32-27-25-28-33-46)45(9)87-71(65)93-58-43(7)86-70-63(56(58)80)90-48(72)36-30-24-21-18-17-20-22-29-35-47(34-26-14-11-2)88-69-62(95-70)54(78)52(76)42(6)84-69/h25,27-28,32-33,38-45,47,51-65,67-71,75-81H,10-24,26,29-31,34-37H2,1-9H3/b39-38+/t40-,41-,42+,43-,44-,45-,47-,51-,52-,53+,54-,55+,56+,57+,58-,59-,60-,61-,62+,63+,64+,65+,67-,68-,69-,70-,71-/m0/s1. The molecule has 25 heteroatoms. The van der Waals surface area contributed by atoms with Crippen molar-refractivity contribution in [3.05, 3.63) is 42.0 Å². The summed E-state index contributed by atoms with van der Waals surface area (Å²) < 4.78 is 89.7. The number of aliphatic hydroxyl groups is 7. The monoisotopic (exact) mass is 1370 g/mol. The van der Waals surface area contributed by atoms with Crippen LogP contribution in [-0.2, 0) is 85.5 Å². The summed E-state index contributed by atoms with van der Waals surface area (Å²) in [5, 5.41) is 82.1. The number of carbonyl (C=O) groups excluding carboxylic acids is 4. The summed E-state index contributed by atoms with van der Waals surface area (Å²) in [7, 11) is 0. The topological polar surface area (TPSA) is 339 Å². The number of esters is 4. The Hall–Kier alpha value is -3.84. The van der Waals surface area contributed by atoms with Crippen LogP contribution in [-0.4, -0.2) is 219 Å². The van der Waals surface area contributed by atoms with E-state index in [4.69, 9.17) is 66.3 Å². The highest BCUT2D eigenvalue weighted by Crippen LogP contribution is 2.40. The molecule has 27 atom stereocenters. The normalized spacial score (nSPS) is 38.9. The first kappa shape index (κ1) is 79.5. The van der Waals surface area contributed by atoms with Gasteiger partial charge in [0.05, 0.1) is 42.5 Å². The van der Waals surface area contributed by atoms with E-state index < -0.39 is 183 Å². The molecule has 6 heterocycles. The van der Waals surface area contributed by atoms with Crippen molar-refractivity contribution in [3.63, 3.8) is 0 Å². The van der Waals surface area contributed by atoms with Crippen LogP contribution in [0.5, 0.6) is 0 Å². The van der Waals surface area contributed by atoms with Gasteiger partial charge < -0.3 is 102 Å². The van der Waals surface area contributed by atoms with E-state index in [1.807, 2.05) is 6.07 Å². The predicted molar refractivity (Wildman–Crippen MR) is 345 cm³/mol. The molecule has 1 aromatic carbocycles. The fourth-order valence-corrected chi connectivity index (χ4v) is 13.1. The minimum atomic E-state index is -1.94. The minimum absolute atomic E-state index is 0.0377. The van der Waals surface area contributed by atoms with Crippen LogP contribution in [0.2, 0.25) is 0 Å². The number of ether oxygens (including phenoxy) is 14. The zero-order valence-corrected chi connectivity index (χ0v) is 57.9. The Bertz CT molecular complexity index is 2470. The molecule has 0 radical (unpaired) electrons. The van der Waals surface area contributed by atoms with Crippen molar-refractivity contribution in [3.8, 4) is 0 Å². The Morgan fingerprint density at radius 3 is 1.75 bits per heavy atom. The van der Waals surface area contributed by atoms with E-state index in [0.717, 1.165) is 102 Å². The molecule has 6 aliphatic heterocycles. The van der Waals surface area contributed by atoms with Crippen molar-refractivity contribution in [2.75, 3.05) is 0 Å². The molecule has 0 saturated carbocycles. The van der Waals surface area contributed by atoms with Gasteiger partial charge in [-0.25, -0.2) is 4.79 Å². The molecule has 0 spiro atoms. The molecule has 6 fully saturated rings. The molecule has 0 aromatic heterocycles. The van der Waals surface area contributed by atoms with Crippen molar-refractivity contribution in [1.82, 2.24) is 0 Å². The molecule has 0 aliphatic carbocycles. The third-order valence-corrected chi connectivity index (χ3v) is 19.4. The van der Waals surface area contributed by atoms with E-state index in [0.29, 0.717) is 44.1 Å². The Kier molecular flexibility index (Phi) is 33.1. The summed E-state index contributed by atoms with van der Waals surface area (Å²) in [6.45, 7) is 15.3. The van der Waals surface area contributed by atoms with Crippen LogP contribution >= 0.6 is 0 Å². The van der Waals surface area contributed by atoms with Gasteiger partial charge >= 0.3 is 23.9 Å². The first-order chi connectivity index (χ1) is 46.0. The van der Waals surface area contributed by atoms with E-state index in [-0.39, 0.29) is 18.9 Å². The summed E-state index contributed by atoms with van der Waals surface area (Å²) in [6, 6.07) is 8.90. The van der Waals surface area contributed by atoms with Crippen LogP contribution in [0.25, 0.3) is 6.08 Å². The van der Waals surface area contributed by atoms with Crippen molar-refractivity contribution >= 4 is 30.0 Å². The van der Waals surface area contributed by atoms with E-state index in [2.05, 4.69) is 13.8 Å². The molecular weight excluding hydrogens is 1250 g/mol. The molecule has 0 amide bonds. The third-order valence-electron chi connectivity index (χ3n) is 19.4. The zero-order chi connectivity index (χ0) is 69.6. The zero-order valence-electron chi connectivity index (χ0n) is 57.9. The smallest absolute Gasteiger partial charge is 0.331 e. The number of rotatable bonds is 25. The summed E-state index contributed by atoms with van der Waals surface area (Å²) in [6.07, 6.45) is -18.9. The van der Waals surface area contributed by atoms with Gasteiger partial charge in [0.15, 0.2) is 55.9 Å². The number of hydrogen-bond acceptors (Lipinski definition) is 25. The molecule has 0 bridgehead atoms. The quantitative estimate of drug-likeness (QED) is 0.0220. The largest absolute Gasteiger partial charge is 0.455 e. The fraction of sp³-hybridized carbons (Fsp3) is 0.831. The molecule has 6 aliphatic rings. The average molecular weight is 1370 g/mol. The molecule has 0 unspecified atom stereocenters. The number of fused-ring (bicyclic) bond motifs is 2. The Morgan fingerprint density at radius 1 is 0.500 bits per heavy atom. The van der Waals surface area contributed by atoms with Crippen molar-refractivity contribution < 1.29 is 121 Å². The first-order valence-electron chi connectivity index (χ1n) is 35.9. The van der Waals surface area contributed by atoms with Crippen LogP contribution in [0.15, 0.2) is 36.4 Å². The second-order valence-electron chi connectivity index (χ2n) is 27.1. The van der Waals surface area contributed by atoms with Crippen LogP contribution in [0.4, 0.5) is 0 Å². The van der Waals surface area contributed by atoms with Crippen molar-refractivity contribution in [2.45, 2.75) is 370 Å². The Morgan fingerprint density at radius 2 is 1.05 bits per heavy atom. The molecule has 6 saturated heterocycles. The second-order valence-corrected chi connectivity index (χ2v) is 27.1. The molecule has 7 N–H and O–H groups in total. The van der Waals surface area contributed by atoms with E-state index >= 15 is 0 Å². The molecule has 7 rings (SSSR count). The van der Waals surface area contributed by atoms with E-state index in [1.54, 1.807) is 45.0 Å². The summed E-state index contributed by atoms with van der Waals surface area (Å²) in [5.74, 6) is -3.63. The maximum Gasteiger partial charge on any atom is 0.331 e. The lowest BCUT2D eigenvalue weighted by Crippen LogP contribution is -2.68. The van der Waals surface area contributed by atoms with Crippen LogP contribution in [0, 0.1) is 5.92 Å². The molecule has 1 aromatic rings. The van der Waals surface area contributed by atoms with E-state index in [9.17, 15) is 54.9 Å². The van der Waals surface area contributed by atoms with Gasteiger partial charge in [0.2, 0.25) is 0 Å². The van der Waals surface area contributed by atoms with Gasteiger partial charge in [0.1, 0.15) is 67.1 Å². The first-order valence-corrected chi connectivity index (χ1v) is 35.9. The van der Waals surface area contributed by atoms with Gasteiger partial charge in [-0.3, -0.25) is 14.4 Å². The van der Waals surface area contributed by atoms with Crippen LogP contribution < -0.4 is 0 Å². The number of hydrogen-bond donors (Lipinski definition) is 7. The minimum Gasteiger partial charge on any atom is -0.455 e.